The molecule has 1 rings (SSSR count). The molecule has 2 unspecified atom stereocenters. The van der Waals surface area contributed by atoms with Crippen molar-refractivity contribution >= 4 is 0 Å². The minimum Gasteiger partial charge on any atom is -0.331 e. The predicted molar refractivity (Wildman–Crippen MR) is 41.0 cm³/mol. The van der Waals surface area contributed by atoms with Gasteiger partial charge in [0.05, 0.1) is 0 Å². The minimum absolute atomic E-state index is 0.391. The molecule has 0 amide bonds. The van der Waals surface area contributed by atoms with Crippen LogP contribution in [0.4, 0.5) is 0 Å². The standard InChI is InChI=1S/C8H16O3/c1-6-5-7(6)8(9-2,10-3)11-4/h6-7H,5H2,1-4H3. The quantitative estimate of drug-likeness (QED) is 0.579. The molecule has 1 saturated carbocycles. The van der Waals surface area contributed by atoms with Crippen LogP contribution in [0.5, 0.6) is 0 Å². The number of ether oxygens (including phenoxy) is 3. The van der Waals surface area contributed by atoms with Gasteiger partial charge in [0.2, 0.25) is 0 Å². The molecule has 0 radical (unpaired) electrons. The minimum atomic E-state index is -0.792. The molecule has 0 heterocycles. The van der Waals surface area contributed by atoms with Crippen molar-refractivity contribution in [2.45, 2.75) is 19.3 Å². The second-order valence-corrected chi connectivity index (χ2v) is 3.04. The molecule has 0 spiro atoms. The van der Waals surface area contributed by atoms with Crippen molar-refractivity contribution in [1.82, 2.24) is 0 Å². The maximum Gasteiger partial charge on any atom is 0.285 e. The number of hydrogen-bond acceptors (Lipinski definition) is 3. The van der Waals surface area contributed by atoms with Crippen LogP contribution < -0.4 is 0 Å². The Morgan fingerprint density at radius 1 is 1.09 bits per heavy atom. The van der Waals surface area contributed by atoms with Gasteiger partial charge in [-0.2, -0.15) is 0 Å². The van der Waals surface area contributed by atoms with Crippen molar-refractivity contribution in [2.75, 3.05) is 21.3 Å². The maximum absolute atomic E-state index is 5.19. The van der Waals surface area contributed by atoms with Crippen molar-refractivity contribution in [3.8, 4) is 0 Å². The van der Waals surface area contributed by atoms with E-state index in [-0.39, 0.29) is 0 Å². The highest BCUT2D eigenvalue weighted by molar-refractivity contribution is 4.89. The number of methoxy groups -OCH3 is 3. The molecule has 66 valence electrons. The molecular weight excluding hydrogens is 144 g/mol. The molecule has 0 aliphatic heterocycles. The fourth-order valence-electron chi connectivity index (χ4n) is 1.52. The average molecular weight is 160 g/mol. The van der Waals surface area contributed by atoms with Crippen molar-refractivity contribution in [3.63, 3.8) is 0 Å². The molecule has 1 fully saturated rings. The largest absolute Gasteiger partial charge is 0.331 e. The Morgan fingerprint density at radius 3 is 1.55 bits per heavy atom. The van der Waals surface area contributed by atoms with Gasteiger partial charge in [-0.1, -0.05) is 6.92 Å². The summed E-state index contributed by atoms with van der Waals surface area (Å²) in [5.41, 5.74) is 0. The summed E-state index contributed by atoms with van der Waals surface area (Å²) in [5.74, 6) is 0.247. The summed E-state index contributed by atoms with van der Waals surface area (Å²) in [7, 11) is 4.83. The Hall–Kier alpha value is -0.120. The molecule has 1 aliphatic rings. The van der Waals surface area contributed by atoms with Crippen molar-refractivity contribution in [1.29, 1.82) is 0 Å². The third-order valence-corrected chi connectivity index (χ3v) is 2.42. The molecule has 3 nitrogen and oxygen atoms in total. The molecule has 0 aromatic carbocycles. The summed E-state index contributed by atoms with van der Waals surface area (Å²) < 4.78 is 15.6. The summed E-state index contributed by atoms with van der Waals surface area (Å²) in [6.45, 7) is 2.16. The van der Waals surface area contributed by atoms with Gasteiger partial charge in [-0.25, -0.2) is 0 Å². The first kappa shape index (κ1) is 8.97. The monoisotopic (exact) mass is 160 g/mol. The van der Waals surface area contributed by atoms with Crippen LogP contribution in [-0.4, -0.2) is 27.3 Å². The summed E-state index contributed by atoms with van der Waals surface area (Å²) in [5, 5.41) is 0. The highest BCUT2D eigenvalue weighted by atomic mass is 16.9. The van der Waals surface area contributed by atoms with Crippen LogP contribution in [0.15, 0.2) is 0 Å². The predicted octanol–water partition coefficient (Wildman–Crippen LogP) is 1.24. The molecule has 2 atom stereocenters. The van der Waals surface area contributed by atoms with Crippen LogP contribution in [0.1, 0.15) is 13.3 Å². The van der Waals surface area contributed by atoms with E-state index in [2.05, 4.69) is 6.92 Å². The normalized spacial score (nSPS) is 30.5. The SMILES string of the molecule is COC(OC)(OC)C1CC1C. The fraction of sp³-hybridized carbons (Fsp3) is 1.00. The summed E-state index contributed by atoms with van der Waals surface area (Å²) in [6, 6.07) is 0. The Kier molecular flexibility index (Phi) is 2.52. The van der Waals surface area contributed by atoms with Crippen LogP contribution in [0, 0.1) is 11.8 Å². The number of rotatable bonds is 4. The van der Waals surface area contributed by atoms with Gasteiger partial charge >= 0.3 is 0 Å². The lowest BCUT2D eigenvalue weighted by atomic mass is 10.3. The summed E-state index contributed by atoms with van der Waals surface area (Å²) in [4.78, 5) is 0. The van der Waals surface area contributed by atoms with Gasteiger partial charge in [0, 0.05) is 27.2 Å². The Morgan fingerprint density at radius 2 is 1.45 bits per heavy atom. The van der Waals surface area contributed by atoms with Gasteiger partial charge < -0.3 is 14.2 Å². The molecule has 1 aliphatic carbocycles. The van der Waals surface area contributed by atoms with E-state index in [4.69, 9.17) is 14.2 Å². The van der Waals surface area contributed by atoms with Crippen LogP contribution >= 0.6 is 0 Å². The van der Waals surface area contributed by atoms with E-state index in [0.717, 1.165) is 6.42 Å². The molecule has 11 heavy (non-hydrogen) atoms. The van der Waals surface area contributed by atoms with Gasteiger partial charge in [-0.05, 0) is 12.3 Å². The lowest BCUT2D eigenvalue weighted by Crippen LogP contribution is -2.38. The smallest absolute Gasteiger partial charge is 0.285 e. The summed E-state index contributed by atoms with van der Waals surface area (Å²) in [6.07, 6.45) is 1.12. The van der Waals surface area contributed by atoms with Crippen LogP contribution in [0.3, 0.4) is 0 Å². The lowest BCUT2D eigenvalue weighted by molar-refractivity contribution is -0.365. The van der Waals surface area contributed by atoms with E-state index in [0.29, 0.717) is 11.8 Å². The fourth-order valence-corrected chi connectivity index (χ4v) is 1.52. The summed E-state index contributed by atoms with van der Waals surface area (Å²) >= 11 is 0. The molecule has 3 heteroatoms. The zero-order chi connectivity index (χ0) is 8.48. The molecule has 0 aromatic heterocycles. The molecular formula is C8H16O3. The first-order valence-corrected chi connectivity index (χ1v) is 3.85. The first-order chi connectivity index (χ1) is 5.20. The third kappa shape index (κ3) is 1.41. The van der Waals surface area contributed by atoms with E-state index in [1.54, 1.807) is 21.3 Å². The topological polar surface area (TPSA) is 27.7 Å². The van der Waals surface area contributed by atoms with Crippen LogP contribution in [-0.2, 0) is 14.2 Å². The first-order valence-electron chi connectivity index (χ1n) is 3.85. The second-order valence-electron chi connectivity index (χ2n) is 3.04. The molecule has 0 aromatic rings. The van der Waals surface area contributed by atoms with E-state index in [1.165, 1.54) is 0 Å². The van der Waals surface area contributed by atoms with Gasteiger partial charge in [0.1, 0.15) is 0 Å². The molecule has 0 bridgehead atoms. The van der Waals surface area contributed by atoms with Crippen LogP contribution in [0.2, 0.25) is 0 Å². The van der Waals surface area contributed by atoms with Crippen LogP contribution in [0.25, 0.3) is 0 Å². The van der Waals surface area contributed by atoms with Crippen molar-refractivity contribution in [3.05, 3.63) is 0 Å². The van der Waals surface area contributed by atoms with E-state index in [9.17, 15) is 0 Å². The average Bonchev–Trinajstić information content (AvgIpc) is 2.73. The third-order valence-electron chi connectivity index (χ3n) is 2.42. The van der Waals surface area contributed by atoms with Gasteiger partial charge in [0.25, 0.3) is 5.97 Å². The van der Waals surface area contributed by atoms with E-state index in [1.807, 2.05) is 0 Å². The van der Waals surface area contributed by atoms with Crippen molar-refractivity contribution < 1.29 is 14.2 Å². The Bertz CT molecular complexity index is 123. The van der Waals surface area contributed by atoms with E-state index >= 15 is 0 Å². The van der Waals surface area contributed by atoms with Gasteiger partial charge in [0.15, 0.2) is 0 Å². The second kappa shape index (κ2) is 3.09. The maximum atomic E-state index is 5.19. The van der Waals surface area contributed by atoms with E-state index < -0.39 is 5.97 Å². The molecule has 0 saturated heterocycles. The molecule has 0 N–H and O–H groups in total. The Labute approximate surface area is 67.6 Å². The van der Waals surface area contributed by atoms with Gasteiger partial charge in [-0.15, -0.1) is 0 Å². The zero-order valence-electron chi connectivity index (χ0n) is 7.59. The zero-order valence-corrected chi connectivity index (χ0v) is 7.59. The highest BCUT2D eigenvalue weighted by Crippen LogP contribution is 2.48. The Balaban J connectivity index is 2.57. The van der Waals surface area contributed by atoms with Gasteiger partial charge in [-0.3, -0.25) is 0 Å². The van der Waals surface area contributed by atoms with Crippen molar-refractivity contribution in [2.24, 2.45) is 11.8 Å². The highest BCUT2D eigenvalue weighted by Gasteiger charge is 2.52. The number of hydrogen-bond donors (Lipinski definition) is 0. The lowest BCUT2D eigenvalue weighted by Gasteiger charge is -2.28.